The largest absolute Gasteiger partial charge is 0.480 e. The number of nitrogens with two attached hydrogens (primary N) is 1. The van der Waals surface area contributed by atoms with Gasteiger partial charge in [-0.1, -0.05) is 71.1 Å². The molecule has 0 rings (SSSR count). The molecule has 0 radical (unpaired) electrons. The fourth-order valence-corrected chi connectivity index (χ4v) is 2.50. The maximum Gasteiger partial charge on any atom is 0.328 e. The van der Waals surface area contributed by atoms with Gasteiger partial charge in [-0.15, -0.1) is 0 Å². The van der Waals surface area contributed by atoms with Crippen molar-refractivity contribution in [3.63, 3.8) is 0 Å². The smallest absolute Gasteiger partial charge is 0.328 e. The molecular weight excluding hydrogens is 282 g/mol. The first-order valence-corrected chi connectivity index (χ1v) is 8.50. The second-order valence-corrected chi connectivity index (χ2v) is 5.91. The molecule has 0 saturated heterocycles. The lowest BCUT2D eigenvalue weighted by atomic mass is 10.0. The second-order valence-electron chi connectivity index (χ2n) is 5.91. The van der Waals surface area contributed by atoms with Gasteiger partial charge in [0, 0.05) is 0 Å². The Kier molecular flexibility index (Phi) is 12.6. The predicted molar refractivity (Wildman–Crippen MR) is 88.9 cm³/mol. The van der Waals surface area contributed by atoms with E-state index in [2.05, 4.69) is 12.2 Å². The highest BCUT2D eigenvalue weighted by Gasteiger charge is 2.26. The Balaban J connectivity index is 3.60. The van der Waals surface area contributed by atoms with Crippen molar-refractivity contribution in [3.8, 4) is 0 Å². The fraction of sp³-hybridized carbons (Fsp3) is 0.875. The molecule has 0 aromatic rings. The summed E-state index contributed by atoms with van der Waals surface area (Å²) in [6.07, 6.45) is 11.3. The van der Waals surface area contributed by atoms with Crippen LogP contribution in [0.5, 0.6) is 0 Å². The molecule has 0 aromatic heterocycles. The molecule has 0 aliphatic rings. The Bertz CT molecular complexity index is 311. The van der Waals surface area contributed by atoms with Gasteiger partial charge in [0.25, 0.3) is 0 Å². The molecule has 6 N–H and O–H groups in total. The Morgan fingerprint density at radius 1 is 1.05 bits per heavy atom. The van der Waals surface area contributed by atoms with Crippen molar-refractivity contribution in [2.45, 2.75) is 89.7 Å². The zero-order valence-electron chi connectivity index (χ0n) is 13.8. The van der Waals surface area contributed by atoms with Crippen LogP contribution in [0, 0.1) is 5.41 Å². The number of carboxylic acid groups (broad SMARTS) is 1. The Morgan fingerprint density at radius 3 is 1.91 bits per heavy atom. The van der Waals surface area contributed by atoms with E-state index in [1.807, 2.05) is 0 Å². The molecule has 0 amide bonds. The molecule has 0 spiro atoms. The molecule has 0 heterocycles. The van der Waals surface area contributed by atoms with Crippen molar-refractivity contribution in [1.82, 2.24) is 5.32 Å². The number of carbonyl (C=O) groups is 1. The average molecular weight is 315 g/mol. The summed E-state index contributed by atoms with van der Waals surface area (Å²) < 4.78 is 0. The maximum absolute atomic E-state index is 11.0. The SMILES string of the molecule is CCCCCCCCCCCCC(O)C(NC(=N)N)C(=O)O. The molecule has 0 aliphatic carbocycles. The van der Waals surface area contributed by atoms with E-state index in [1.54, 1.807) is 0 Å². The summed E-state index contributed by atoms with van der Waals surface area (Å²) in [6, 6.07) is -1.20. The monoisotopic (exact) mass is 315 g/mol. The summed E-state index contributed by atoms with van der Waals surface area (Å²) in [4.78, 5) is 11.0. The van der Waals surface area contributed by atoms with E-state index in [-0.39, 0.29) is 0 Å². The average Bonchev–Trinajstić information content (AvgIpc) is 2.46. The van der Waals surface area contributed by atoms with Gasteiger partial charge in [-0.05, 0) is 6.42 Å². The van der Waals surface area contributed by atoms with Gasteiger partial charge in [-0.25, -0.2) is 4.79 Å². The minimum Gasteiger partial charge on any atom is -0.480 e. The summed E-state index contributed by atoms with van der Waals surface area (Å²) in [7, 11) is 0. The van der Waals surface area contributed by atoms with Crippen molar-refractivity contribution < 1.29 is 15.0 Å². The molecule has 0 saturated carbocycles. The zero-order valence-corrected chi connectivity index (χ0v) is 13.8. The van der Waals surface area contributed by atoms with Crippen molar-refractivity contribution >= 4 is 11.9 Å². The van der Waals surface area contributed by atoms with Crippen LogP contribution in [-0.4, -0.2) is 34.3 Å². The van der Waals surface area contributed by atoms with Crippen LogP contribution in [0.4, 0.5) is 0 Å². The highest BCUT2D eigenvalue weighted by Crippen LogP contribution is 2.13. The van der Waals surface area contributed by atoms with E-state index in [4.69, 9.17) is 16.2 Å². The molecule has 2 atom stereocenters. The van der Waals surface area contributed by atoms with Crippen LogP contribution in [0.25, 0.3) is 0 Å². The Labute approximate surface area is 134 Å². The summed E-state index contributed by atoms with van der Waals surface area (Å²) in [5.41, 5.74) is 5.12. The molecule has 6 nitrogen and oxygen atoms in total. The summed E-state index contributed by atoms with van der Waals surface area (Å²) in [5, 5.41) is 28.2. The first kappa shape index (κ1) is 20.7. The van der Waals surface area contributed by atoms with Gasteiger partial charge in [0.2, 0.25) is 0 Å². The standard InChI is InChI=1S/C16H33N3O3/c1-2-3-4-5-6-7-8-9-10-11-12-13(20)14(15(21)22)19-16(17)18/h13-14,20H,2-12H2,1H3,(H,21,22)(H4,17,18,19). The van der Waals surface area contributed by atoms with E-state index >= 15 is 0 Å². The number of aliphatic hydroxyl groups is 1. The quantitative estimate of drug-likeness (QED) is 0.192. The lowest BCUT2D eigenvalue weighted by Gasteiger charge is -2.20. The van der Waals surface area contributed by atoms with Gasteiger partial charge in [0.1, 0.15) is 0 Å². The molecule has 0 aliphatic heterocycles. The highest BCUT2D eigenvalue weighted by molar-refractivity contribution is 5.83. The van der Waals surface area contributed by atoms with Crippen LogP contribution in [0.2, 0.25) is 0 Å². The number of nitrogens with one attached hydrogen (secondary N) is 2. The van der Waals surface area contributed by atoms with Gasteiger partial charge >= 0.3 is 5.97 Å². The number of hydrogen-bond acceptors (Lipinski definition) is 3. The molecule has 0 aromatic carbocycles. The van der Waals surface area contributed by atoms with E-state index in [0.717, 1.165) is 19.3 Å². The van der Waals surface area contributed by atoms with Crippen molar-refractivity contribution in [2.24, 2.45) is 5.73 Å². The van der Waals surface area contributed by atoms with Crippen molar-refractivity contribution in [1.29, 1.82) is 5.41 Å². The van der Waals surface area contributed by atoms with Gasteiger partial charge in [-0.3, -0.25) is 5.41 Å². The normalized spacial score (nSPS) is 13.5. The minimum absolute atomic E-state index is 0.410. The fourth-order valence-electron chi connectivity index (χ4n) is 2.50. The Hall–Kier alpha value is -1.30. The van der Waals surface area contributed by atoms with Crippen LogP contribution in [0.3, 0.4) is 0 Å². The lowest BCUT2D eigenvalue weighted by Crippen LogP contribution is -2.50. The number of aliphatic hydroxyl groups excluding tert-OH is 1. The summed E-state index contributed by atoms with van der Waals surface area (Å²) in [5.74, 6) is -1.62. The first-order chi connectivity index (χ1) is 10.5. The number of guanidine groups is 1. The second kappa shape index (κ2) is 13.4. The van der Waals surface area contributed by atoms with Crippen LogP contribution < -0.4 is 11.1 Å². The molecule has 0 fully saturated rings. The van der Waals surface area contributed by atoms with Crippen LogP contribution in [0.15, 0.2) is 0 Å². The molecule has 6 heteroatoms. The third kappa shape index (κ3) is 11.4. The molecule has 0 bridgehead atoms. The topological polar surface area (TPSA) is 119 Å². The Morgan fingerprint density at radius 2 is 1.50 bits per heavy atom. The van der Waals surface area contributed by atoms with Gasteiger partial charge in [-0.2, -0.15) is 0 Å². The van der Waals surface area contributed by atoms with Gasteiger partial charge < -0.3 is 21.3 Å². The maximum atomic E-state index is 11.0. The predicted octanol–water partition coefficient (Wildman–Crippen LogP) is 2.59. The first-order valence-electron chi connectivity index (χ1n) is 8.50. The number of rotatable bonds is 14. The number of hydrogen-bond donors (Lipinski definition) is 5. The van der Waals surface area contributed by atoms with E-state index in [1.165, 1.54) is 44.9 Å². The minimum atomic E-state index is -1.20. The van der Waals surface area contributed by atoms with Crippen molar-refractivity contribution in [2.75, 3.05) is 0 Å². The van der Waals surface area contributed by atoms with Gasteiger partial charge in [0.05, 0.1) is 6.10 Å². The van der Waals surface area contributed by atoms with Crippen LogP contribution >= 0.6 is 0 Å². The number of unbranched alkanes of at least 4 members (excludes halogenated alkanes) is 9. The van der Waals surface area contributed by atoms with Crippen LogP contribution in [0.1, 0.15) is 77.6 Å². The van der Waals surface area contributed by atoms with E-state index in [9.17, 15) is 9.90 Å². The van der Waals surface area contributed by atoms with Crippen molar-refractivity contribution in [3.05, 3.63) is 0 Å². The number of aliphatic carboxylic acids is 1. The van der Waals surface area contributed by atoms with Crippen LogP contribution in [-0.2, 0) is 4.79 Å². The lowest BCUT2D eigenvalue weighted by molar-refractivity contribution is -0.142. The molecule has 2 unspecified atom stereocenters. The highest BCUT2D eigenvalue weighted by atomic mass is 16.4. The van der Waals surface area contributed by atoms with E-state index < -0.39 is 24.1 Å². The van der Waals surface area contributed by atoms with Gasteiger partial charge in [0.15, 0.2) is 12.0 Å². The third-order valence-electron chi connectivity index (χ3n) is 3.82. The van der Waals surface area contributed by atoms with E-state index in [0.29, 0.717) is 6.42 Å². The third-order valence-corrected chi connectivity index (χ3v) is 3.82. The molecule has 22 heavy (non-hydrogen) atoms. The molecule has 130 valence electrons. The zero-order chi connectivity index (χ0) is 16.8. The molecular formula is C16H33N3O3. The summed E-state index contributed by atoms with van der Waals surface area (Å²) >= 11 is 0. The summed E-state index contributed by atoms with van der Waals surface area (Å²) in [6.45, 7) is 2.22. The number of carboxylic acids is 1.